The first-order valence-electron chi connectivity index (χ1n) is 9.28. The number of carbonyl (C=O) groups is 1. The molecule has 25 heavy (non-hydrogen) atoms. The summed E-state index contributed by atoms with van der Waals surface area (Å²) in [5, 5.41) is 0.255. The van der Waals surface area contributed by atoms with E-state index in [2.05, 4.69) is 67.7 Å². The van der Waals surface area contributed by atoms with Gasteiger partial charge in [-0.05, 0) is 47.9 Å². The molecular formula is C19H36O4Si2. The fraction of sp³-hybridized carbons (Fsp3) is 0.842. The number of ether oxygens (including phenoxy) is 1. The minimum atomic E-state index is -1.96. The lowest BCUT2D eigenvalue weighted by Crippen LogP contribution is -2.48. The van der Waals surface area contributed by atoms with Crippen molar-refractivity contribution in [2.24, 2.45) is 0 Å². The first-order chi connectivity index (χ1) is 11.1. The van der Waals surface area contributed by atoms with Crippen LogP contribution >= 0.6 is 0 Å². The maximum atomic E-state index is 12.2. The third-order valence-corrected chi connectivity index (χ3v) is 15.4. The van der Waals surface area contributed by atoms with Gasteiger partial charge in [0.15, 0.2) is 22.4 Å². The van der Waals surface area contributed by atoms with Crippen LogP contribution < -0.4 is 0 Å². The van der Waals surface area contributed by atoms with E-state index in [9.17, 15) is 4.79 Å². The highest BCUT2D eigenvalue weighted by molar-refractivity contribution is 6.74. The van der Waals surface area contributed by atoms with Gasteiger partial charge in [-0.2, -0.15) is 0 Å². The van der Waals surface area contributed by atoms with Gasteiger partial charge < -0.3 is 13.6 Å². The van der Waals surface area contributed by atoms with Crippen molar-refractivity contribution >= 4 is 22.4 Å². The molecule has 2 rings (SSSR count). The van der Waals surface area contributed by atoms with Crippen LogP contribution in [0.5, 0.6) is 0 Å². The summed E-state index contributed by atoms with van der Waals surface area (Å²) in [5.74, 6) is 0.0638. The Balaban J connectivity index is 2.18. The second-order valence-electron chi connectivity index (χ2n) is 10.5. The second kappa shape index (κ2) is 6.41. The number of hydrogen-bond acceptors (Lipinski definition) is 4. The van der Waals surface area contributed by atoms with Gasteiger partial charge in [0.2, 0.25) is 0 Å². The van der Waals surface area contributed by atoms with Crippen LogP contribution in [0.25, 0.3) is 0 Å². The van der Waals surface area contributed by atoms with Gasteiger partial charge in [0, 0.05) is 0 Å². The minimum absolute atomic E-state index is 0.0638. The van der Waals surface area contributed by atoms with Gasteiger partial charge in [0.05, 0.1) is 12.7 Å². The van der Waals surface area contributed by atoms with Crippen LogP contribution in [0.3, 0.4) is 0 Å². The summed E-state index contributed by atoms with van der Waals surface area (Å²) in [7, 11) is -3.84. The summed E-state index contributed by atoms with van der Waals surface area (Å²) in [6.07, 6.45) is 1.16. The summed E-state index contributed by atoms with van der Waals surface area (Å²) in [6, 6.07) is 0. The second-order valence-corrected chi connectivity index (χ2v) is 20.1. The molecule has 1 fully saturated rings. The van der Waals surface area contributed by atoms with Crippen LogP contribution in [0.15, 0.2) is 11.6 Å². The quantitative estimate of drug-likeness (QED) is 0.510. The molecule has 144 valence electrons. The molecule has 0 N–H and O–H groups in total. The molecule has 0 aromatic heterocycles. The third-order valence-electron chi connectivity index (χ3n) is 6.43. The van der Waals surface area contributed by atoms with E-state index < -0.39 is 16.6 Å². The summed E-state index contributed by atoms with van der Waals surface area (Å²) < 4.78 is 18.7. The topological polar surface area (TPSA) is 48.1 Å². The number of carbonyl (C=O) groups excluding carboxylic acids is 1. The van der Waals surface area contributed by atoms with Crippen molar-refractivity contribution in [1.29, 1.82) is 0 Å². The fourth-order valence-corrected chi connectivity index (χ4v) is 4.62. The monoisotopic (exact) mass is 384 g/mol. The van der Waals surface area contributed by atoms with E-state index in [-0.39, 0.29) is 34.2 Å². The number of hydrogen-bond donors (Lipinski definition) is 0. The van der Waals surface area contributed by atoms with Gasteiger partial charge in [-0.3, -0.25) is 4.79 Å². The van der Waals surface area contributed by atoms with E-state index in [1.807, 2.05) is 0 Å². The molecule has 0 amide bonds. The molecule has 0 radical (unpaired) electrons. The Labute approximate surface area is 155 Å². The first-order valence-corrected chi connectivity index (χ1v) is 15.1. The smallest absolute Gasteiger partial charge is 0.193 e. The molecule has 0 unspecified atom stereocenters. The van der Waals surface area contributed by atoms with Crippen LogP contribution in [-0.2, 0) is 18.4 Å². The molecule has 0 saturated carbocycles. The van der Waals surface area contributed by atoms with Crippen molar-refractivity contribution in [3.05, 3.63) is 11.6 Å². The first kappa shape index (κ1) is 21.0. The van der Waals surface area contributed by atoms with Crippen molar-refractivity contribution in [1.82, 2.24) is 0 Å². The maximum absolute atomic E-state index is 12.2. The summed E-state index contributed by atoms with van der Waals surface area (Å²) in [5.41, 5.74) is 0.957. The van der Waals surface area contributed by atoms with Crippen molar-refractivity contribution in [3.8, 4) is 0 Å². The molecule has 3 atom stereocenters. The van der Waals surface area contributed by atoms with Gasteiger partial charge in [-0.25, -0.2) is 0 Å². The van der Waals surface area contributed by atoms with E-state index >= 15 is 0 Å². The Bertz CT molecular complexity index is 567. The summed E-state index contributed by atoms with van der Waals surface area (Å²) in [6.45, 7) is 22.8. The molecule has 4 nitrogen and oxygen atoms in total. The molecular weight excluding hydrogens is 348 g/mol. The Kier molecular flexibility index (Phi) is 5.39. The molecule has 1 saturated heterocycles. The zero-order valence-electron chi connectivity index (χ0n) is 17.6. The SMILES string of the molecule is CC(C)(C)[Si](C)(C)OCC1=CC(=O)[C@H]2O[C@H]2[C@H]1O[Si](C)(C)C(C)(C)C. The fourth-order valence-electron chi connectivity index (χ4n) is 2.38. The Morgan fingerprint density at radius 1 is 1.00 bits per heavy atom. The zero-order valence-corrected chi connectivity index (χ0v) is 19.6. The standard InChI is InChI=1S/C19H36O4Si2/c1-18(2,3)24(7,8)21-12-13-11-14(20)16-17(22-16)15(13)23-25(9,10)19(4,5)6/h11,15-17H,12H2,1-10H3/t15-,16+,17-/m0/s1. The van der Waals surface area contributed by atoms with E-state index in [0.717, 1.165) is 5.57 Å². The molecule has 0 aromatic carbocycles. The highest BCUT2D eigenvalue weighted by atomic mass is 28.4. The van der Waals surface area contributed by atoms with Crippen molar-refractivity contribution in [3.63, 3.8) is 0 Å². The molecule has 2 aliphatic rings. The van der Waals surface area contributed by atoms with Crippen LogP contribution in [0.4, 0.5) is 0 Å². The Morgan fingerprint density at radius 2 is 1.52 bits per heavy atom. The average Bonchev–Trinajstić information content (AvgIpc) is 3.18. The predicted octanol–water partition coefficient (Wildman–Crippen LogP) is 4.68. The van der Waals surface area contributed by atoms with Crippen molar-refractivity contribution < 1.29 is 18.4 Å². The molecule has 0 aromatic rings. The highest BCUT2D eigenvalue weighted by Crippen LogP contribution is 2.44. The van der Waals surface area contributed by atoms with Crippen LogP contribution in [0.2, 0.25) is 36.3 Å². The van der Waals surface area contributed by atoms with Crippen LogP contribution in [-0.4, -0.2) is 47.3 Å². The predicted molar refractivity (Wildman–Crippen MR) is 107 cm³/mol. The van der Waals surface area contributed by atoms with E-state index in [1.165, 1.54) is 0 Å². The molecule has 0 bridgehead atoms. The summed E-state index contributed by atoms with van der Waals surface area (Å²) >= 11 is 0. The lowest BCUT2D eigenvalue weighted by atomic mass is 9.96. The minimum Gasteiger partial charge on any atom is -0.413 e. The van der Waals surface area contributed by atoms with E-state index in [1.54, 1.807) is 6.08 Å². The number of ketones is 1. The molecule has 1 aliphatic heterocycles. The van der Waals surface area contributed by atoms with E-state index in [4.69, 9.17) is 13.6 Å². The van der Waals surface area contributed by atoms with Crippen molar-refractivity contribution in [2.45, 2.75) is 96.1 Å². The normalized spacial score (nSPS) is 27.8. The van der Waals surface area contributed by atoms with E-state index in [0.29, 0.717) is 6.61 Å². The highest BCUT2D eigenvalue weighted by Gasteiger charge is 2.56. The van der Waals surface area contributed by atoms with Crippen LogP contribution in [0.1, 0.15) is 41.5 Å². The van der Waals surface area contributed by atoms with Gasteiger partial charge in [-0.1, -0.05) is 41.5 Å². The molecule has 1 aliphatic carbocycles. The van der Waals surface area contributed by atoms with Crippen LogP contribution in [0, 0.1) is 0 Å². The lowest BCUT2D eigenvalue weighted by molar-refractivity contribution is -0.116. The largest absolute Gasteiger partial charge is 0.413 e. The van der Waals surface area contributed by atoms with Crippen molar-refractivity contribution in [2.75, 3.05) is 6.61 Å². The zero-order chi connectivity index (χ0) is 19.4. The molecule has 0 spiro atoms. The van der Waals surface area contributed by atoms with Gasteiger partial charge in [0.1, 0.15) is 12.2 Å². The van der Waals surface area contributed by atoms with Gasteiger partial charge in [0.25, 0.3) is 0 Å². The number of fused-ring (bicyclic) bond motifs is 1. The third kappa shape index (κ3) is 4.35. The molecule has 6 heteroatoms. The Morgan fingerprint density at radius 3 is 2.00 bits per heavy atom. The molecule has 1 heterocycles. The summed E-state index contributed by atoms with van der Waals surface area (Å²) in [4.78, 5) is 12.2. The average molecular weight is 385 g/mol. The lowest BCUT2D eigenvalue weighted by Gasteiger charge is -2.41. The Hall–Kier alpha value is -0.276. The number of epoxide rings is 1. The van der Waals surface area contributed by atoms with Gasteiger partial charge in [-0.15, -0.1) is 0 Å². The number of rotatable bonds is 5. The maximum Gasteiger partial charge on any atom is 0.193 e. The van der Waals surface area contributed by atoms with Gasteiger partial charge >= 0.3 is 0 Å².